The molecule has 0 radical (unpaired) electrons. The zero-order valence-electron chi connectivity index (χ0n) is 17.9. The average molecular weight is 453 g/mol. The maximum absolute atomic E-state index is 13.7. The first-order valence-electron chi connectivity index (χ1n) is 10.8. The second kappa shape index (κ2) is 8.13. The predicted molar refractivity (Wildman–Crippen MR) is 116 cm³/mol. The summed E-state index contributed by atoms with van der Waals surface area (Å²) in [4.78, 5) is 27.8. The fourth-order valence-corrected chi connectivity index (χ4v) is 5.01. The van der Waals surface area contributed by atoms with E-state index in [9.17, 15) is 18.0 Å². The van der Waals surface area contributed by atoms with E-state index in [4.69, 9.17) is 0 Å². The van der Waals surface area contributed by atoms with E-state index in [0.717, 1.165) is 42.1 Å². The molecule has 1 aromatic carbocycles. The van der Waals surface area contributed by atoms with Crippen molar-refractivity contribution in [2.24, 2.45) is 0 Å². The molecule has 5 rings (SSSR count). The van der Waals surface area contributed by atoms with Crippen LogP contribution in [-0.4, -0.2) is 43.9 Å². The largest absolute Gasteiger partial charge is 0.419 e. The van der Waals surface area contributed by atoms with Crippen molar-refractivity contribution in [2.75, 3.05) is 5.32 Å². The Morgan fingerprint density at radius 1 is 1.06 bits per heavy atom. The van der Waals surface area contributed by atoms with E-state index >= 15 is 0 Å². The maximum Gasteiger partial charge on any atom is 0.419 e. The first-order valence-corrected chi connectivity index (χ1v) is 10.8. The van der Waals surface area contributed by atoms with Gasteiger partial charge in [-0.1, -0.05) is 18.2 Å². The van der Waals surface area contributed by atoms with Crippen LogP contribution in [0.4, 0.5) is 19.1 Å². The lowest BCUT2D eigenvalue weighted by Crippen LogP contribution is -2.40. The van der Waals surface area contributed by atoms with Crippen LogP contribution in [0.25, 0.3) is 11.3 Å². The van der Waals surface area contributed by atoms with Gasteiger partial charge in [-0.15, -0.1) is 0 Å². The molecular weight excluding hydrogens is 431 g/mol. The van der Waals surface area contributed by atoms with Crippen molar-refractivity contribution in [1.29, 1.82) is 0 Å². The number of rotatable bonds is 4. The van der Waals surface area contributed by atoms with E-state index in [-0.39, 0.29) is 30.0 Å². The lowest BCUT2D eigenvalue weighted by atomic mass is 9.96. The topological polar surface area (TPSA) is 71.0 Å². The second-order valence-electron chi connectivity index (χ2n) is 8.50. The Labute approximate surface area is 188 Å². The second-order valence-corrected chi connectivity index (χ2v) is 8.50. The Balaban J connectivity index is 1.39. The van der Waals surface area contributed by atoms with Gasteiger partial charge in [0.05, 0.1) is 23.3 Å². The van der Waals surface area contributed by atoms with Crippen LogP contribution in [0.3, 0.4) is 0 Å². The summed E-state index contributed by atoms with van der Waals surface area (Å²) in [5, 5.41) is 3.15. The summed E-state index contributed by atoms with van der Waals surface area (Å²) in [6, 6.07) is 11.2. The van der Waals surface area contributed by atoms with Gasteiger partial charge in [-0.05, 0) is 49.9 Å². The Morgan fingerprint density at radius 2 is 1.85 bits per heavy atom. The molecule has 9 heteroatoms. The number of pyridine rings is 1. The third-order valence-electron chi connectivity index (χ3n) is 6.49. The van der Waals surface area contributed by atoms with E-state index in [2.05, 4.69) is 20.3 Å². The third kappa shape index (κ3) is 3.92. The minimum absolute atomic E-state index is 0.0514. The Kier molecular flexibility index (Phi) is 5.26. The van der Waals surface area contributed by atoms with Crippen molar-refractivity contribution >= 4 is 11.9 Å². The lowest BCUT2D eigenvalue weighted by molar-refractivity contribution is -0.138. The molecule has 2 fully saturated rings. The summed E-state index contributed by atoms with van der Waals surface area (Å²) in [7, 11) is 0. The molecule has 6 nitrogen and oxygen atoms in total. The van der Waals surface area contributed by atoms with Gasteiger partial charge < -0.3 is 10.2 Å². The molecule has 0 spiro atoms. The quantitative estimate of drug-likeness (QED) is 0.619. The molecule has 0 saturated carbocycles. The highest BCUT2D eigenvalue weighted by Gasteiger charge is 2.49. The number of fused-ring (bicyclic) bond motifs is 2. The maximum atomic E-state index is 13.7. The molecule has 0 aliphatic carbocycles. The number of carbonyl (C=O) groups excluding carboxylic acids is 1. The number of amides is 1. The number of hydrogen-bond donors (Lipinski definition) is 1. The molecule has 1 amide bonds. The zero-order valence-corrected chi connectivity index (χ0v) is 17.9. The van der Waals surface area contributed by atoms with Gasteiger partial charge in [-0.3, -0.25) is 9.78 Å². The lowest BCUT2D eigenvalue weighted by Gasteiger charge is -2.26. The highest BCUT2D eigenvalue weighted by molar-refractivity contribution is 6.02. The summed E-state index contributed by atoms with van der Waals surface area (Å²) < 4.78 is 38.3. The smallest absolute Gasteiger partial charge is 0.349 e. The standard InChI is InChI=1S/C24H22F3N5O/c1-14-5-4-6-17(21(14)18-7-2-3-10-28-18)22(33)32-16-8-9-20(32)19(11-16)31-23-29-12-15(13-30-23)24(25,26)27/h2-7,10,12-13,16,19-20H,8-9,11H2,1H3,(H,29,30,31)/t16-,19-,20+/m1/s1. The number of hydrogen-bond acceptors (Lipinski definition) is 5. The van der Waals surface area contributed by atoms with Crippen LogP contribution in [-0.2, 0) is 6.18 Å². The molecule has 2 saturated heterocycles. The summed E-state index contributed by atoms with van der Waals surface area (Å²) in [5.41, 5.74) is 2.26. The van der Waals surface area contributed by atoms with Crippen LogP contribution in [0.2, 0.25) is 0 Å². The first kappa shape index (κ1) is 21.4. The minimum Gasteiger partial charge on any atom is -0.349 e. The van der Waals surface area contributed by atoms with Gasteiger partial charge in [0.15, 0.2) is 0 Å². The van der Waals surface area contributed by atoms with Crippen molar-refractivity contribution in [2.45, 2.75) is 50.5 Å². The van der Waals surface area contributed by atoms with Crippen molar-refractivity contribution < 1.29 is 18.0 Å². The summed E-state index contributed by atoms with van der Waals surface area (Å²) in [6.45, 7) is 1.96. The molecular formula is C24H22F3N5O. The van der Waals surface area contributed by atoms with Crippen molar-refractivity contribution in [1.82, 2.24) is 19.9 Å². The molecule has 170 valence electrons. The number of benzene rings is 1. The number of alkyl halides is 3. The number of aryl methyl sites for hydroxylation is 1. The average Bonchev–Trinajstić information content (AvgIpc) is 3.36. The number of nitrogens with zero attached hydrogens (tertiary/aromatic N) is 4. The molecule has 0 unspecified atom stereocenters. The van der Waals surface area contributed by atoms with Gasteiger partial charge >= 0.3 is 6.18 Å². The summed E-state index contributed by atoms with van der Waals surface area (Å²) in [6.07, 6.45) is 1.19. The van der Waals surface area contributed by atoms with Gasteiger partial charge in [-0.2, -0.15) is 13.2 Å². The van der Waals surface area contributed by atoms with Crippen LogP contribution in [0, 0.1) is 6.92 Å². The van der Waals surface area contributed by atoms with E-state index in [1.807, 2.05) is 48.2 Å². The highest BCUT2D eigenvalue weighted by Crippen LogP contribution is 2.41. The zero-order chi connectivity index (χ0) is 23.2. The number of anilines is 1. The number of nitrogens with one attached hydrogen (secondary N) is 1. The van der Waals surface area contributed by atoms with Crippen molar-refractivity contribution in [3.63, 3.8) is 0 Å². The summed E-state index contributed by atoms with van der Waals surface area (Å²) in [5.74, 6) is 0.0853. The normalized spacial score (nSPS) is 21.9. The van der Waals surface area contributed by atoms with Gasteiger partial charge in [0.25, 0.3) is 5.91 Å². The van der Waals surface area contributed by atoms with E-state index in [1.165, 1.54) is 0 Å². The van der Waals surface area contributed by atoms with Crippen LogP contribution in [0.5, 0.6) is 0 Å². The SMILES string of the molecule is Cc1cccc(C(=O)N2[C@@H]3CC[C@H]2[C@H](Nc2ncc(C(F)(F)F)cn2)C3)c1-c1ccccn1. The van der Waals surface area contributed by atoms with Gasteiger partial charge in [0.1, 0.15) is 0 Å². The van der Waals surface area contributed by atoms with E-state index in [0.29, 0.717) is 12.0 Å². The predicted octanol–water partition coefficient (Wildman–Crippen LogP) is 4.72. The third-order valence-corrected chi connectivity index (χ3v) is 6.49. The highest BCUT2D eigenvalue weighted by atomic mass is 19.4. The fourth-order valence-electron chi connectivity index (χ4n) is 5.01. The molecule has 1 N–H and O–H groups in total. The molecule has 4 heterocycles. The first-order chi connectivity index (χ1) is 15.8. The van der Waals surface area contributed by atoms with Gasteiger partial charge in [0, 0.05) is 35.8 Å². The van der Waals surface area contributed by atoms with Gasteiger partial charge in [0.2, 0.25) is 5.95 Å². The molecule has 33 heavy (non-hydrogen) atoms. The summed E-state index contributed by atoms with van der Waals surface area (Å²) >= 11 is 0. The van der Waals surface area contributed by atoms with Crippen molar-refractivity contribution in [3.05, 3.63) is 71.7 Å². The van der Waals surface area contributed by atoms with E-state index < -0.39 is 11.7 Å². The number of aromatic nitrogens is 3. The molecule has 3 atom stereocenters. The van der Waals surface area contributed by atoms with Gasteiger partial charge in [-0.25, -0.2) is 9.97 Å². The van der Waals surface area contributed by atoms with Crippen LogP contribution < -0.4 is 5.32 Å². The molecule has 3 aromatic rings. The van der Waals surface area contributed by atoms with Crippen LogP contribution in [0.15, 0.2) is 55.0 Å². The monoisotopic (exact) mass is 453 g/mol. The van der Waals surface area contributed by atoms with Crippen LogP contribution >= 0.6 is 0 Å². The Hall–Kier alpha value is -3.49. The number of carbonyl (C=O) groups is 1. The van der Waals surface area contributed by atoms with Crippen LogP contribution in [0.1, 0.15) is 40.7 Å². The Bertz CT molecular complexity index is 1170. The number of halogens is 3. The van der Waals surface area contributed by atoms with E-state index in [1.54, 1.807) is 6.20 Å². The van der Waals surface area contributed by atoms with Crippen molar-refractivity contribution in [3.8, 4) is 11.3 Å². The Morgan fingerprint density at radius 3 is 2.55 bits per heavy atom. The fraction of sp³-hybridized carbons (Fsp3) is 0.333. The molecule has 2 aliphatic heterocycles. The minimum atomic E-state index is -4.48. The molecule has 2 bridgehead atoms. The molecule has 2 aliphatic rings. The molecule has 2 aromatic heterocycles.